The zero-order valence-electron chi connectivity index (χ0n) is 14.1. The van der Waals surface area contributed by atoms with Crippen LogP contribution in [0.5, 0.6) is 0 Å². The number of hydrogen-bond donors (Lipinski definition) is 0. The highest BCUT2D eigenvalue weighted by Crippen LogP contribution is 2.26. The predicted octanol–water partition coefficient (Wildman–Crippen LogP) is 2.44. The lowest BCUT2D eigenvalue weighted by molar-refractivity contribution is -0.116. The zero-order chi connectivity index (χ0) is 16.4. The maximum absolute atomic E-state index is 5.77. The van der Waals surface area contributed by atoms with Crippen LogP contribution < -0.4 is 0 Å². The van der Waals surface area contributed by atoms with Gasteiger partial charge in [0, 0.05) is 12.1 Å². The number of piperidine rings is 1. The number of hydrogen-bond acceptors (Lipinski definition) is 5. The van der Waals surface area contributed by atoms with E-state index in [4.69, 9.17) is 9.47 Å². The molecule has 0 bridgehead atoms. The summed E-state index contributed by atoms with van der Waals surface area (Å²) in [5, 5.41) is 4.62. The van der Waals surface area contributed by atoms with Crippen molar-refractivity contribution >= 4 is 0 Å². The van der Waals surface area contributed by atoms with Gasteiger partial charge in [-0.3, -0.25) is 4.90 Å². The summed E-state index contributed by atoms with van der Waals surface area (Å²) in [4.78, 5) is 7.06. The van der Waals surface area contributed by atoms with Crippen molar-refractivity contribution in [1.29, 1.82) is 0 Å². The summed E-state index contributed by atoms with van der Waals surface area (Å²) < 4.78 is 13.6. The number of rotatable bonds is 4. The molecule has 2 saturated heterocycles. The quantitative estimate of drug-likeness (QED) is 0.863. The van der Waals surface area contributed by atoms with Crippen LogP contribution in [0.3, 0.4) is 0 Å². The summed E-state index contributed by atoms with van der Waals surface area (Å²) in [5.74, 6) is 1.72. The van der Waals surface area contributed by atoms with Crippen LogP contribution in [-0.4, -0.2) is 51.8 Å². The van der Waals surface area contributed by atoms with E-state index in [-0.39, 0.29) is 6.29 Å². The first-order valence-electron chi connectivity index (χ1n) is 8.75. The van der Waals surface area contributed by atoms with Crippen LogP contribution in [0.15, 0.2) is 30.3 Å². The molecular weight excluding hydrogens is 304 g/mol. The third kappa shape index (κ3) is 3.22. The lowest BCUT2D eigenvalue weighted by Gasteiger charge is -2.37. The van der Waals surface area contributed by atoms with Crippen molar-refractivity contribution in [2.24, 2.45) is 0 Å². The number of aryl methyl sites for hydroxylation is 1. The van der Waals surface area contributed by atoms with Crippen molar-refractivity contribution < 1.29 is 9.47 Å². The Hall–Kier alpha value is -1.76. The number of aromatic nitrogens is 3. The lowest BCUT2D eigenvalue weighted by Crippen LogP contribution is -2.48. The SMILES string of the molecule is Cc1nc(-c2ccccc2)n(CN2CCCCC2C2OCCO2)n1. The first-order chi connectivity index (χ1) is 11.8. The molecule has 6 heteroatoms. The molecule has 0 spiro atoms. The summed E-state index contributed by atoms with van der Waals surface area (Å²) in [7, 11) is 0. The highest BCUT2D eigenvalue weighted by molar-refractivity contribution is 5.54. The molecule has 4 rings (SSSR count). The molecule has 2 aliphatic heterocycles. The summed E-state index contributed by atoms with van der Waals surface area (Å²) >= 11 is 0. The van der Waals surface area contributed by atoms with E-state index >= 15 is 0 Å². The second kappa shape index (κ2) is 7.01. The third-order valence-corrected chi connectivity index (χ3v) is 4.75. The highest BCUT2D eigenvalue weighted by atomic mass is 16.7. The van der Waals surface area contributed by atoms with Gasteiger partial charge in [0.05, 0.1) is 25.9 Å². The molecule has 2 aromatic rings. The summed E-state index contributed by atoms with van der Waals surface area (Å²) in [5.41, 5.74) is 1.10. The van der Waals surface area contributed by atoms with Gasteiger partial charge in [0.1, 0.15) is 5.82 Å². The maximum atomic E-state index is 5.77. The van der Waals surface area contributed by atoms with E-state index in [1.54, 1.807) is 0 Å². The van der Waals surface area contributed by atoms with Gasteiger partial charge in [0.25, 0.3) is 0 Å². The van der Waals surface area contributed by atoms with Crippen molar-refractivity contribution in [3.63, 3.8) is 0 Å². The van der Waals surface area contributed by atoms with E-state index in [1.807, 2.05) is 29.8 Å². The average molecular weight is 328 g/mol. The van der Waals surface area contributed by atoms with Crippen molar-refractivity contribution in [2.45, 2.75) is 45.2 Å². The molecule has 1 unspecified atom stereocenters. The van der Waals surface area contributed by atoms with Gasteiger partial charge >= 0.3 is 0 Å². The minimum atomic E-state index is -0.102. The Balaban J connectivity index is 1.57. The average Bonchev–Trinajstić information content (AvgIpc) is 3.26. The fourth-order valence-corrected chi connectivity index (χ4v) is 3.63. The number of likely N-dealkylation sites (tertiary alicyclic amines) is 1. The summed E-state index contributed by atoms with van der Waals surface area (Å²) in [6, 6.07) is 10.6. The standard InChI is InChI=1S/C18H24N4O2/c1-14-19-17(15-7-3-2-4-8-15)22(20-14)13-21-10-6-5-9-16(21)18-23-11-12-24-18/h2-4,7-8,16,18H,5-6,9-13H2,1H3. The van der Waals surface area contributed by atoms with Gasteiger partial charge in [0.2, 0.25) is 0 Å². The Bertz CT molecular complexity index is 667. The number of benzene rings is 1. The molecule has 0 aliphatic carbocycles. The predicted molar refractivity (Wildman–Crippen MR) is 90.2 cm³/mol. The van der Waals surface area contributed by atoms with E-state index < -0.39 is 0 Å². The normalized spacial score (nSPS) is 23.0. The maximum Gasteiger partial charge on any atom is 0.173 e. The molecule has 128 valence electrons. The molecule has 1 atom stereocenters. The molecule has 24 heavy (non-hydrogen) atoms. The van der Waals surface area contributed by atoms with Crippen molar-refractivity contribution in [3.8, 4) is 11.4 Å². The van der Waals surface area contributed by atoms with Crippen LogP contribution in [-0.2, 0) is 16.1 Å². The Morgan fingerprint density at radius 3 is 2.71 bits per heavy atom. The van der Waals surface area contributed by atoms with Gasteiger partial charge < -0.3 is 9.47 Å². The Kier molecular flexibility index (Phi) is 4.60. The minimum Gasteiger partial charge on any atom is -0.349 e. The minimum absolute atomic E-state index is 0.102. The van der Waals surface area contributed by atoms with Crippen molar-refractivity contribution in [2.75, 3.05) is 19.8 Å². The molecule has 3 heterocycles. The molecule has 1 aromatic carbocycles. The summed E-state index contributed by atoms with van der Waals surface area (Å²) in [6.07, 6.45) is 3.44. The van der Waals surface area contributed by atoms with Gasteiger partial charge in [-0.25, -0.2) is 9.67 Å². The lowest BCUT2D eigenvalue weighted by atomic mass is 10.0. The Labute approximate surface area is 142 Å². The first-order valence-corrected chi connectivity index (χ1v) is 8.75. The van der Waals surface area contributed by atoms with Gasteiger partial charge in [-0.05, 0) is 19.8 Å². The van der Waals surface area contributed by atoms with Crippen molar-refractivity contribution in [3.05, 3.63) is 36.2 Å². The Morgan fingerprint density at radius 1 is 1.12 bits per heavy atom. The fourth-order valence-electron chi connectivity index (χ4n) is 3.63. The molecule has 0 N–H and O–H groups in total. The highest BCUT2D eigenvalue weighted by Gasteiger charge is 2.34. The number of nitrogens with zero attached hydrogens (tertiary/aromatic N) is 4. The van der Waals surface area contributed by atoms with Crippen LogP contribution in [0.2, 0.25) is 0 Å². The van der Waals surface area contributed by atoms with Crippen LogP contribution in [0.25, 0.3) is 11.4 Å². The van der Waals surface area contributed by atoms with E-state index in [1.165, 1.54) is 12.8 Å². The van der Waals surface area contributed by atoms with E-state index in [9.17, 15) is 0 Å². The van der Waals surface area contributed by atoms with Gasteiger partial charge in [-0.2, -0.15) is 5.10 Å². The van der Waals surface area contributed by atoms with Crippen LogP contribution in [0.1, 0.15) is 25.1 Å². The molecule has 0 amide bonds. The van der Waals surface area contributed by atoms with E-state index in [0.717, 1.165) is 36.8 Å². The zero-order valence-corrected chi connectivity index (χ0v) is 14.1. The number of ether oxygens (including phenoxy) is 2. The van der Waals surface area contributed by atoms with Gasteiger partial charge in [-0.15, -0.1) is 0 Å². The smallest absolute Gasteiger partial charge is 0.173 e. The molecule has 0 radical (unpaired) electrons. The van der Waals surface area contributed by atoms with Gasteiger partial charge in [-0.1, -0.05) is 36.8 Å². The van der Waals surface area contributed by atoms with Crippen LogP contribution in [0.4, 0.5) is 0 Å². The Morgan fingerprint density at radius 2 is 1.92 bits per heavy atom. The monoisotopic (exact) mass is 328 g/mol. The molecule has 2 aliphatic rings. The molecule has 0 saturated carbocycles. The fraction of sp³-hybridized carbons (Fsp3) is 0.556. The summed E-state index contributed by atoms with van der Waals surface area (Å²) in [6.45, 7) is 5.11. The van der Waals surface area contributed by atoms with Crippen LogP contribution >= 0.6 is 0 Å². The third-order valence-electron chi connectivity index (χ3n) is 4.75. The second-order valence-electron chi connectivity index (χ2n) is 6.48. The largest absolute Gasteiger partial charge is 0.349 e. The second-order valence-corrected chi connectivity index (χ2v) is 6.48. The molecule has 2 fully saturated rings. The van der Waals surface area contributed by atoms with E-state index in [0.29, 0.717) is 19.3 Å². The van der Waals surface area contributed by atoms with E-state index in [2.05, 4.69) is 27.1 Å². The topological polar surface area (TPSA) is 52.4 Å². The molecule has 6 nitrogen and oxygen atoms in total. The van der Waals surface area contributed by atoms with Gasteiger partial charge in [0.15, 0.2) is 12.1 Å². The van der Waals surface area contributed by atoms with Crippen molar-refractivity contribution in [1.82, 2.24) is 19.7 Å². The van der Waals surface area contributed by atoms with Crippen LogP contribution in [0, 0.1) is 6.92 Å². The molecular formula is C18H24N4O2. The first kappa shape index (κ1) is 15.7. The molecule has 1 aromatic heterocycles.